The Morgan fingerprint density at radius 3 is 2.39 bits per heavy atom. The summed E-state index contributed by atoms with van der Waals surface area (Å²) in [4.78, 5) is 2.29. The van der Waals surface area contributed by atoms with Crippen molar-refractivity contribution in [1.29, 1.82) is 0 Å². The van der Waals surface area contributed by atoms with Gasteiger partial charge in [0.15, 0.2) is 0 Å². The van der Waals surface area contributed by atoms with Gasteiger partial charge in [-0.05, 0) is 25.5 Å². The molecule has 0 aliphatic rings. The summed E-state index contributed by atoms with van der Waals surface area (Å²) in [7, 11) is 0. The molecule has 0 bridgehead atoms. The van der Waals surface area contributed by atoms with Crippen LogP contribution in [-0.4, -0.2) is 36.2 Å². The maximum Gasteiger partial charge on any atom is 0.0558 e. The van der Waals surface area contributed by atoms with E-state index in [-0.39, 0.29) is 12.6 Å². The predicted octanol–water partition coefficient (Wildman–Crippen LogP) is 2.09. The minimum absolute atomic E-state index is 0.187. The van der Waals surface area contributed by atoms with Crippen molar-refractivity contribution in [2.75, 3.05) is 26.2 Å². The Labute approximate surface area is 111 Å². The second kappa shape index (κ2) is 8.25. The van der Waals surface area contributed by atoms with Crippen molar-refractivity contribution in [2.24, 2.45) is 5.73 Å². The van der Waals surface area contributed by atoms with Crippen molar-refractivity contribution in [3.8, 4) is 0 Å². The van der Waals surface area contributed by atoms with Crippen LogP contribution in [0.15, 0.2) is 24.3 Å². The van der Waals surface area contributed by atoms with E-state index < -0.39 is 0 Å². The summed E-state index contributed by atoms with van der Waals surface area (Å²) in [5.41, 5.74) is 8.43. The van der Waals surface area contributed by atoms with Crippen molar-refractivity contribution < 1.29 is 5.11 Å². The van der Waals surface area contributed by atoms with Crippen molar-refractivity contribution >= 4 is 0 Å². The minimum Gasteiger partial charge on any atom is -0.395 e. The number of unbranched alkanes of at least 4 members (excludes halogenated alkanes) is 1. The average molecular weight is 250 g/mol. The SMILES string of the molecule is CCCCN(CCO)C(CN)c1ccc(C)cc1. The second-order valence-corrected chi connectivity index (χ2v) is 4.78. The van der Waals surface area contributed by atoms with Crippen molar-refractivity contribution in [1.82, 2.24) is 4.90 Å². The second-order valence-electron chi connectivity index (χ2n) is 4.78. The van der Waals surface area contributed by atoms with E-state index in [1.165, 1.54) is 11.1 Å². The number of nitrogens with two attached hydrogens (primary N) is 1. The Bertz CT molecular complexity index is 324. The van der Waals surface area contributed by atoms with Gasteiger partial charge in [0.25, 0.3) is 0 Å². The molecule has 1 unspecified atom stereocenters. The Morgan fingerprint density at radius 2 is 1.89 bits per heavy atom. The van der Waals surface area contributed by atoms with Crippen LogP contribution in [0.25, 0.3) is 0 Å². The molecule has 0 saturated carbocycles. The molecule has 0 spiro atoms. The fourth-order valence-electron chi connectivity index (χ4n) is 2.20. The number of aryl methyl sites for hydroxylation is 1. The number of hydrogen-bond donors (Lipinski definition) is 2. The molecule has 18 heavy (non-hydrogen) atoms. The van der Waals surface area contributed by atoms with E-state index in [0.717, 1.165) is 19.4 Å². The minimum atomic E-state index is 0.187. The number of aliphatic hydroxyl groups excluding tert-OH is 1. The topological polar surface area (TPSA) is 49.5 Å². The molecule has 0 amide bonds. The molecule has 0 aromatic heterocycles. The predicted molar refractivity (Wildman–Crippen MR) is 76.5 cm³/mol. The Balaban J connectivity index is 2.79. The summed E-state index contributed by atoms with van der Waals surface area (Å²) < 4.78 is 0. The number of rotatable bonds is 8. The summed E-state index contributed by atoms with van der Waals surface area (Å²) in [6.07, 6.45) is 2.30. The summed E-state index contributed by atoms with van der Waals surface area (Å²) in [5, 5.41) is 9.19. The van der Waals surface area contributed by atoms with Gasteiger partial charge in [-0.3, -0.25) is 4.90 Å². The first-order valence-electron chi connectivity index (χ1n) is 6.84. The first kappa shape index (κ1) is 15.2. The lowest BCUT2D eigenvalue weighted by molar-refractivity contribution is 0.151. The van der Waals surface area contributed by atoms with Crippen LogP contribution in [0.4, 0.5) is 0 Å². The lowest BCUT2D eigenvalue weighted by Crippen LogP contribution is -2.36. The first-order chi connectivity index (χ1) is 8.72. The zero-order chi connectivity index (χ0) is 13.4. The molecule has 3 heteroatoms. The summed E-state index contributed by atoms with van der Waals surface area (Å²) in [6.45, 7) is 6.73. The smallest absolute Gasteiger partial charge is 0.0558 e. The number of benzene rings is 1. The zero-order valence-corrected chi connectivity index (χ0v) is 11.6. The molecule has 0 saturated heterocycles. The molecule has 102 valence electrons. The summed E-state index contributed by atoms with van der Waals surface area (Å²) in [5.74, 6) is 0. The molecule has 1 aromatic rings. The lowest BCUT2D eigenvalue weighted by Gasteiger charge is -2.30. The van der Waals surface area contributed by atoms with Gasteiger partial charge < -0.3 is 10.8 Å². The van der Waals surface area contributed by atoms with Crippen LogP contribution >= 0.6 is 0 Å². The fourth-order valence-corrected chi connectivity index (χ4v) is 2.20. The maximum absolute atomic E-state index is 9.19. The van der Waals surface area contributed by atoms with E-state index in [1.54, 1.807) is 0 Å². The van der Waals surface area contributed by atoms with Crippen LogP contribution in [-0.2, 0) is 0 Å². The van der Waals surface area contributed by atoms with Gasteiger partial charge in [-0.15, -0.1) is 0 Å². The largest absolute Gasteiger partial charge is 0.395 e. The highest BCUT2D eigenvalue weighted by molar-refractivity contribution is 5.24. The van der Waals surface area contributed by atoms with Gasteiger partial charge >= 0.3 is 0 Å². The summed E-state index contributed by atoms with van der Waals surface area (Å²) in [6, 6.07) is 8.74. The highest BCUT2D eigenvalue weighted by Gasteiger charge is 2.17. The van der Waals surface area contributed by atoms with Gasteiger partial charge in [-0.2, -0.15) is 0 Å². The number of aliphatic hydroxyl groups is 1. The normalized spacial score (nSPS) is 12.9. The number of nitrogens with zero attached hydrogens (tertiary/aromatic N) is 1. The fraction of sp³-hybridized carbons (Fsp3) is 0.600. The average Bonchev–Trinajstić information content (AvgIpc) is 2.39. The molecule has 3 nitrogen and oxygen atoms in total. The lowest BCUT2D eigenvalue weighted by atomic mass is 10.0. The van der Waals surface area contributed by atoms with Gasteiger partial charge in [-0.25, -0.2) is 0 Å². The van der Waals surface area contributed by atoms with Crippen LogP contribution in [0.3, 0.4) is 0 Å². The molecular formula is C15H26N2O. The third-order valence-electron chi connectivity index (χ3n) is 3.31. The molecule has 0 heterocycles. The molecular weight excluding hydrogens is 224 g/mol. The highest BCUT2D eigenvalue weighted by atomic mass is 16.3. The quantitative estimate of drug-likeness (QED) is 0.743. The molecule has 0 aliphatic heterocycles. The summed E-state index contributed by atoms with van der Waals surface area (Å²) >= 11 is 0. The first-order valence-corrected chi connectivity index (χ1v) is 6.84. The van der Waals surface area contributed by atoms with Crippen LogP contribution in [0.2, 0.25) is 0 Å². The zero-order valence-electron chi connectivity index (χ0n) is 11.6. The van der Waals surface area contributed by atoms with Crippen molar-refractivity contribution in [3.05, 3.63) is 35.4 Å². The Hall–Kier alpha value is -0.900. The van der Waals surface area contributed by atoms with Gasteiger partial charge in [0.2, 0.25) is 0 Å². The molecule has 1 aromatic carbocycles. The third-order valence-corrected chi connectivity index (χ3v) is 3.31. The van der Waals surface area contributed by atoms with E-state index in [4.69, 9.17) is 5.73 Å². The van der Waals surface area contributed by atoms with E-state index in [2.05, 4.69) is 43.0 Å². The standard InChI is InChI=1S/C15H26N2O/c1-3-4-9-17(10-11-18)15(12-16)14-7-5-13(2)6-8-14/h5-8,15,18H,3-4,9-12,16H2,1-2H3. The van der Waals surface area contributed by atoms with Gasteiger partial charge in [-0.1, -0.05) is 43.2 Å². The maximum atomic E-state index is 9.19. The van der Waals surface area contributed by atoms with Crippen LogP contribution in [0, 0.1) is 6.92 Å². The molecule has 1 atom stereocenters. The molecule has 3 N–H and O–H groups in total. The van der Waals surface area contributed by atoms with E-state index >= 15 is 0 Å². The highest BCUT2D eigenvalue weighted by Crippen LogP contribution is 2.20. The van der Waals surface area contributed by atoms with Crippen LogP contribution in [0.5, 0.6) is 0 Å². The molecule has 0 aliphatic carbocycles. The Kier molecular flexibility index (Phi) is 6.94. The number of hydrogen-bond acceptors (Lipinski definition) is 3. The van der Waals surface area contributed by atoms with Gasteiger partial charge in [0.1, 0.15) is 0 Å². The van der Waals surface area contributed by atoms with E-state index in [1.807, 2.05) is 0 Å². The van der Waals surface area contributed by atoms with Gasteiger partial charge in [0, 0.05) is 19.1 Å². The van der Waals surface area contributed by atoms with Crippen LogP contribution in [0.1, 0.15) is 36.9 Å². The molecule has 0 radical (unpaired) electrons. The monoisotopic (exact) mass is 250 g/mol. The van der Waals surface area contributed by atoms with Crippen LogP contribution < -0.4 is 5.73 Å². The molecule has 1 rings (SSSR count). The third kappa shape index (κ3) is 4.41. The molecule has 0 fully saturated rings. The van der Waals surface area contributed by atoms with Gasteiger partial charge in [0.05, 0.1) is 6.61 Å². The van der Waals surface area contributed by atoms with E-state index in [0.29, 0.717) is 13.1 Å². The van der Waals surface area contributed by atoms with E-state index in [9.17, 15) is 5.11 Å². The van der Waals surface area contributed by atoms with Crippen molar-refractivity contribution in [2.45, 2.75) is 32.7 Å². The Morgan fingerprint density at radius 1 is 1.22 bits per heavy atom. The van der Waals surface area contributed by atoms with Crippen molar-refractivity contribution in [3.63, 3.8) is 0 Å².